The summed E-state index contributed by atoms with van der Waals surface area (Å²) in [5, 5.41) is 9.73. The van der Waals surface area contributed by atoms with Crippen LogP contribution in [0.15, 0.2) is 40.2 Å². The second-order valence-corrected chi connectivity index (χ2v) is 4.14. The van der Waals surface area contributed by atoms with Crippen LogP contribution in [0.5, 0.6) is 0 Å². The average Bonchev–Trinajstić information content (AvgIpc) is 2.64. The summed E-state index contributed by atoms with van der Waals surface area (Å²) >= 11 is 0. The number of fused-ring (bicyclic) bond motifs is 1. The molecular weight excluding hydrogens is 204 g/mol. The smallest absolute Gasteiger partial charge is 0.220 e. The van der Waals surface area contributed by atoms with E-state index in [1.54, 1.807) is 12.3 Å². The molecule has 1 heterocycles. The maximum absolute atomic E-state index is 11.3. The fourth-order valence-corrected chi connectivity index (χ4v) is 1.73. The summed E-state index contributed by atoms with van der Waals surface area (Å²) < 4.78 is 0. The number of hydrogen-bond acceptors (Lipinski definition) is 4. The first-order valence-corrected chi connectivity index (χ1v) is 5.17. The number of rotatable bonds is 3. The maximum atomic E-state index is 11.3. The lowest BCUT2D eigenvalue weighted by Crippen LogP contribution is -2.17. The predicted molar refractivity (Wildman–Crippen MR) is 62.5 cm³/mol. The van der Waals surface area contributed by atoms with Gasteiger partial charge in [-0.15, -0.1) is 0 Å². The molecule has 0 aromatic heterocycles. The number of ketones is 1. The van der Waals surface area contributed by atoms with Crippen LogP contribution in [-0.2, 0) is 4.79 Å². The lowest BCUT2D eigenvalue weighted by molar-refractivity contribution is -0.113. The quantitative estimate of drug-likeness (QED) is 0.725. The standard InChI is InChI=1S/C12H14N2O2/c1-14(2)6-5-8-7-13-9-3-4-10(15)12(16)11(8)9/h3-4,7,16H,5-6H2,1-2H3. The van der Waals surface area contributed by atoms with Crippen molar-refractivity contribution in [3.63, 3.8) is 0 Å². The largest absolute Gasteiger partial charge is 0.504 e. The van der Waals surface area contributed by atoms with Crippen LogP contribution < -0.4 is 0 Å². The monoisotopic (exact) mass is 218 g/mol. The summed E-state index contributed by atoms with van der Waals surface area (Å²) in [4.78, 5) is 17.6. The predicted octanol–water partition coefficient (Wildman–Crippen LogP) is 1.23. The third kappa shape index (κ3) is 1.84. The molecule has 0 atom stereocenters. The first kappa shape index (κ1) is 10.8. The fourth-order valence-electron chi connectivity index (χ4n) is 1.73. The van der Waals surface area contributed by atoms with E-state index in [9.17, 15) is 9.90 Å². The van der Waals surface area contributed by atoms with Gasteiger partial charge in [0, 0.05) is 12.7 Å². The van der Waals surface area contributed by atoms with E-state index in [0.717, 1.165) is 18.5 Å². The van der Waals surface area contributed by atoms with Crippen LogP contribution in [-0.4, -0.2) is 42.1 Å². The van der Waals surface area contributed by atoms with Gasteiger partial charge in [-0.3, -0.25) is 9.79 Å². The zero-order valence-corrected chi connectivity index (χ0v) is 9.40. The number of aliphatic hydroxyl groups excluding tert-OH is 1. The highest BCUT2D eigenvalue weighted by atomic mass is 16.3. The van der Waals surface area contributed by atoms with Crippen LogP contribution in [0.1, 0.15) is 6.42 Å². The van der Waals surface area contributed by atoms with Gasteiger partial charge in [0.05, 0.1) is 11.3 Å². The Hall–Kier alpha value is -1.68. The van der Waals surface area contributed by atoms with E-state index in [0.29, 0.717) is 11.3 Å². The van der Waals surface area contributed by atoms with E-state index in [1.165, 1.54) is 6.08 Å². The van der Waals surface area contributed by atoms with Gasteiger partial charge in [-0.1, -0.05) is 0 Å². The Morgan fingerprint density at radius 2 is 2.12 bits per heavy atom. The van der Waals surface area contributed by atoms with E-state index >= 15 is 0 Å². The zero-order chi connectivity index (χ0) is 11.7. The fraction of sp³-hybridized carbons (Fsp3) is 0.333. The summed E-state index contributed by atoms with van der Waals surface area (Å²) in [5.74, 6) is -0.518. The van der Waals surface area contributed by atoms with Crippen LogP contribution in [0.3, 0.4) is 0 Å². The van der Waals surface area contributed by atoms with E-state index in [-0.39, 0.29) is 11.5 Å². The minimum Gasteiger partial charge on any atom is -0.504 e. The molecule has 0 saturated heterocycles. The molecule has 4 heteroatoms. The number of carbonyl (C=O) groups excluding carboxylic acids is 1. The summed E-state index contributed by atoms with van der Waals surface area (Å²) in [6.45, 7) is 0.864. The molecule has 84 valence electrons. The molecule has 0 unspecified atom stereocenters. The van der Waals surface area contributed by atoms with Crippen molar-refractivity contribution >= 4 is 11.5 Å². The molecule has 16 heavy (non-hydrogen) atoms. The second kappa shape index (κ2) is 4.06. The van der Waals surface area contributed by atoms with Crippen LogP contribution >= 0.6 is 0 Å². The molecule has 0 saturated carbocycles. The molecule has 0 aromatic rings. The van der Waals surface area contributed by atoms with Crippen molar-refractivity contribution < 1.29 is 9.90 Å². The Morgan fingerprint density at radius 1 is 1.38 bits per heavy atom. The molecule has 0 bridgehead atoms. The van der Waals surface area contributed by atoms with Gasteiger partial charge >= 0.3 is 0 Å². The Balaban J connectivity index is 2.21. The summed E-state index contributed by atoms with van der Waals surface area (Å²) in [6, 6.07) is 0. The Bertz CT molecular complexity index is 454. The maximum Gasteiger partial charge on any atom is 0.220 e. The van der Waals surface area contributed by atoms with Crippen molar-refractivity contribution in [3.8, 4) is 0 Å². The molecule has 0 aromatic carbocycles. The molecule has 2 rings (SSSR count). The van der Waals surface area contributed by atoms with Gasteiger partial charge in [0.15, 0.2) is 5.76 Å². The number of aliphatic hydroxyl groups is 1. The lowest BCUT2D eigenvalue weighted by Gasteiger charge is -2.14. The van der Waals surface area contributed by atoms with E-state index < -0.39 is 0 Å². The topological polar surface area (TPSA) is 52.9 Å². The number of carbonyl (C=O) groups is 1. The molecule has 1 aliphatic heterocycles. The van der Waals surface area contributed by atoms with Crippen molar-refractivity contribution in [1.29, 1.82) is 0 Å². The summed E-state index contributed by atoms with van der Waals surface area (Å²) in [5.41, 5.74) is 2.22. The first-order chi connectivity index (χ1) is 7.59. The zero-order valence-electron chi connectivity index (χ0n) is 9.40. The molecule has 0 fully saturated rings. The van der Waals surface area contributed by atoms with Crippen molar-refractivity contribution in [3.05, 3.63) is 35.3 Å². The van der Waals surface area contributed by atoms with Crippen molar-refractivity contribution in [2.24, 2.45) is 4.99 Å². The molecule has 2 aliphatic rings. The third-order valence-electron chi connectivity index (χ3n) is 2.63. The Kier molecular flexibility index (Phi) is 2.75. The lowest BCUT2D eigenvalue weighted by atomic mass is 9.94. The normalized spacial score (nSPS) is 19.1. The highest BCUT2D eigenvalue weighted by Crippen LogP contribution is 2.28. The molecule has 4 nitrogen and oxygen atoms in total. The molecule has 0 amide bonds. The van der Waals surface area contributed by atoms with Gasteiger partial charge in [0.2, 0.25) is 5.78 Å². The van der Waals surface area contributed by atoms with Gasteiger partial charge in [-0.2, -0.15) is 0 Å². The number of aliphatic imine (C=N–C) groups is 1. The molecular formula is C12H14N2O2. The number of nitrogens with zero attached hydrogens (tertiary/aromatic N) is 2. The number of allylic oxidation sites excluding steroid dienone is 3. The highest BCUT2D eigenvalue weighted by Gasteiger charge is 2.26. The van der Waals surface area contributed by atoms with E-state index in [4.69, 9.17) is 0 Å². The Morgan fingerprint density at radius 3 is 2.81 bits per heavy atom. The van der Waals surface area contributed by atoms with Crippen LogP contribution in [0.25, 0.3) is 0 Å². The third-order valence-corrected chi connectivity index (χ3v) is 2.63. The van der Waals surface area contributed by atoms with Gasteiger partial charge in [-0.25, -0.2) is 0 Å². The van der Waals surface area contributed by atoms with E-state index in [2.05, 4.69) is 9.89 Å². The van der Waals surface area contributed by atoms with Crippen molar-refractivity contribution in [1.82, 2.24) is 4.90 Å². The average molecular weight is 218 g/mol. The number of hydrogen-bond donors (Lipinski definition) is 1. The van der Waals surface area contributed by atoms with Gasteiger partial charge in [-0.05, 0) is 38.2 Å². The van der Waals surface area contributed by atoms with Gasteiger partial charge in [0.1, 0.15) is 0 Å². The molecule has 1 aliphatic carbocycles. The van der Waals surface area contributed by atoms with Gasteiger partial charge < -0.3 is 10.0 Å². The first-order valence-electron chi connectivity index (χ1n) is 5.17. The van der Waals surface area contributed by atoms with Crippen LogP contribution in [0, 0.1) is 0 Å². The molecule has 1 N–H and O–H groups in total. The summed E-state index contributed by atoms with van der Waals surface area (Å²) in [6.07, 6.45) is 5.50. The molecule has 0 spiro atoms. The second-order valence-electron chi connectivity index (χ2n) is 4.14. The minimum absolute atomic E-state index is 0.177. The summed E-state index contributed by atoms with van der Waals surface area (Å²) in [7, 11) is 3.97. The van der Waals surface area contributed by atoms with E-state index in [1.807, 2.05) is 14.1 Å². The minimum atomic E-state index is -0.341. The Labute approximate surface area is 94.3 Å². The van der Waals surface area contributed by atoms with Crippen molar-refractivity contribution in [2.45, 2.75) is 6.42 Å². The molecule has 0 radical (unpaired) electrons. The van der Waals surface area contributed by atoms with Crippen LogP contribution in [0.2, 0.25) is 0 Å². The SMILES string of the molecule is CN(C)CCC1=CN=C2C=CC(=O)C(O)=C12. The highest BCUT2D eigenvalue weighted by molar-refractivity contribution is 6.24. The van der Waals surface area contributed by atoms with Gasteiger partial charge in [0.25, 0.3) is 0 Å². The van der Waals surface area contributed by atoms with Crippen LogP contribution in [0.4, 0.5) is 0 Å². The van der Waals surface area contributed by atoms with Crippen molar-refractivity contribution in [2.75, 3.05) is 20.6 Å².